The number of piperazine rings is 1. The Labute approximate surface area is 104 Å². The van der Waals surface area contributed by atoms with Crippen molar-refractivity contribution in [2.45, 2.75) is 13.5 Å². The van der Waals surface area contributed by atoms with Gasteiger partial charge in [0.25, 0.3) is 0 Å². The molecule has 0 atom stereocenters. The molecular weight excluding hydrogens is 272 g/mol. The second kappa shape index (κ2) is 5.43. The van der Waals surface area contributed by atoms with Crippen molar-refractivity contribution >= 4 is 27.3 Å². The molecule has 1 fully saturated rings. The first kappa shape index (κ1) is 11.6. The van der Waals surface area contributed by atoms with Gasteiger partial charge in [0.2, 0.25) is 0 Å². The Morgan fingerprint density at radius 1 is 1.27 bits per heavy atom. The highest BCUT2D eigenvalue weighted by Gasteiger charge is 2.16. The third-order valence-electron chi connectivity index (χ3n) is 2.97. The van der Waals surface area contributed by atoms with Crippen LogP contribution in [0.25, 0.3) is 0 Å². The molecule has 2 nitrogen and oxygen atoms in total. The highest BCUT2D eigenvalue weighted by Crippen LogP contribution is 2.24. The van der Waals surface area contributed by atoms with E-state index in [1.165, 1.54) is 42.1 Å². The van der Waals surface area contributed by atoms with Crippen molar-refractivity contribution in [2.75, 3.05) is 32.7 Å². The summed E-state index contributed by atoms with van der Waals surface area (Å²) in [5.41, 5.74) is 0. The molecule has 15 heavy (non-hydrogen) atoms. The number of rotatable bonds is 3. The molecule has 1 aliphatic heterocycles. The third kappa shape index (κ3) is 3.03. The van der Waals surface area contributed by atoms with E-state index in [9.17, 15) is 0 Å². The van der Waals surface area contributed by atoms with Gasteiger partial charge in [-0.05, 0) is 33.9 Å². The summed E-state index contributed by atoms with van der Waals surface area (Å²) in [6, 6.07) is 2.14. The lowest BCUT2D eigenvalue weighted by atomic mass is 10.3. The predicted molar refractivity (Wildman–Crippen MR) is 69.4 cm³/mol. The molecule has 0 saturated carbocycles. The molecule has 1 saturated heterocycles. The first-order valence-electron chi connectivity index (χ1n) is 5.46. The van der Waals surface area contributed by atoms with E-state index >= 15 is 0 Å². The summed E-state index contributed by atoms with van der Waals surface area (Å²) in [5.74, 6) is 0. The zero-order chi connectivity index (χ0) is 10.7. The topological polar surface area (TPSA) is 6.48 Å². The molecule has 0 amide bonds. The van der Waals surface area contributed by atoms with E-state index in [1.807, 2.05) is 11.3 Å². The maximum Gasteiger partial charge on any atom is 0.0340 e. The van der Waals surface area contributed by atoms with Gasteiger partial charge in [-0.2, -0.15) is 0 Å². The minimum absolute atomic E-state index is 1.11. The predicted octanol–water partition coefficient (Wildman–Crippen LogP) is 2.65. The standard InChI is InChI=1S/C11H17BrN2S/c1-2-13-4-6-14(7-5-13)9-11-10(12)3-8-15-11/h3,8H,2,4-7,9H2,1H3. The Bertz CT molecular complexity index is 305. The summed E-state index contributed by atoms with van der Waals surface area (Å²) in [4.78, 5) is 6.52. The van der Waals surface area contributed by atoms with E-state index in [-0.39, 0.29) is 0 Å². The normalized spacial score (nSPS) is 19.6. The molecule has 0 N–H and O–H groups in total. The van der Waals surface area contributed by atoms with Crippen molar-refractivity contribution < 1.29 is 0 Å². The number of thiophene rings is 1. The van der Waals surface area contributed by atoms with E-state index in [2.05, 4.69) is 44.1 Å². The summed E-state index contributed by atoms with van der Waals surface area (Å²) in [6.07, 6.45) is 0. The van der Waals surface area contributed by atoms with E-state index in [1.54, 1.807) is 0 Å². The van der Waals surface area contributed by atoms with Gasteiger partial charge in [0.05, 0.1) is 0 Å². The molecule has 2 heterocycles. The van der Waals surface area contributed by atoms with Gasteiger partial charge in [-0.25, -0.2) is 0 Å². The minimum atomic E-state index is 1.11. The van der Waals surface area contributed by atoms with E-state index in [0.717, 1.165) is 6.54 Å². The lowest BCUT2D eigenvalue weighted by molar-refractivity contribution is 0.132. The van der Waals surface area contributed by atoms with Gasteiger partial charge in [-0.3, -0.25) is 4.90 Å². The average molecular weight is 289 g/mol. The van der Waals surface area contributed by atoms with Crippen molar-refractivity contribution in [2.24, 2.45) is 0 Å². The molecule has 4 heteroatoms. The summed E-state index contributed by atoms with van der Waals surface area (Å²) < 4.78 is 1.27. The molecular formula is C11H17BrN2S. The second-order valence-corrected chi connectivity index (χ2v) is 5.76. The summed E-state index contributed by atoms with van der Waals surface area (Å²) >= 11 is 5.44. The van der Waals surface area contributed by atoms with Crippen LogP contribution in [0.3, 0.4) is 0 Å². The Morgan fingerprint density at radius 3 is 2.47 bits per heavy atom. The van der Waals surface area contributed by atoms with Gasteiger partial charge in [0, 0.05) is 42.1 Å². The van der Waals surface area contributed by atoms with Gasteiger partial charge in [-0.1, -0.05) is 6.92 Å². The second-order valence-electron chi connectivity index (χ2n) is 3.90. The zero-order valence-electron chi connectivity index (χ0n) is 9.08. The Kier molecular flexibility index (Phi) is 4.20. The van der Waals surface area contributed by atoms with Gasteiger partial charge in [0.1, 0.15) is 0 Å². The van der Waals surface area contributed by atoms with E-state index in [4.69, 9.17) is 0 Å². The van der Waals surface area contributed by atoms with Crippen molar-refractivity contribution in [1.29, 1.82) is 0 Å². The zero-order valence-corrected chi connectivity index (χ0v) is 11.5. The van der Waals surface area contributed by atoms with E-state index in [0.29, 0.717) is 0 Å². The average Bonchev–Trinajstić information content (AvgIpc) is 2.66. The van der Waals surface area contributed by atoms with Crippen LogP contribution in [0.15, 0.2) is 15.9 Å². The monoisotopic (exact) mass is 288 g/mol. The molecule has 0 bridgehead atoms. The Hall–Kier alpha value is 0.100. The smallest absolute Gasteiger partial charge is 0.0340 e. The fourth-order valence-electron chi connectivity index (χ4n) is 1.90. The highest BCUT2D eigenvalue weighted by atomic mass is 79.9. The van der Waals surface area contributed by atoms with Crippen LogP contribution in [-0.4, -0.2) is 42.5 Å². The van der Waals surface area contributed by atoms with Crippen LogP contribution < -0.4 is 0 Å². The summed E-state index contributed by atoms with van der Waals surface area (Å²) in [7, 11) is 0. The largest absolute Gasteiger partial charge is 0.301 e. The van der Waals surface area contributed by atoms with Crippen LogP contribution in [0.1, 0.15) is 11.8 Å². The molecule has 0 aliphatic carbocycles. The van der Waals surface area contributed by atoms with Gasteiger partial charge in [-0.15, -0.1) is 11.3 Å². The lowest BCUT2D eigenvalue weighted by Crippen LogP contribution is -2.45. The molecule has 0 unspecified atom stereocenters. The Balaban J connectivity index is 1.85. The molecule has 2 rings (SSSR count). The maximum atomic E-state index is 3.59. The van der Waals surface area contributed by atoms with Gasteiger partial charge >= 0.3 is 0 Å². The van der Waals surface area contributed by atoms with Crippen LogP contribution in [0, 0.1) is 0 Å². The maximum absolute atomic E-state index is 3.59. The molecule has 1 aliphatic rings. The van der Waals surface area contributed by atoms with Crippen LogP contribution in [0.5, 0.6) is 0 Å². The van der Waals surface area contributed by atoms with Gasteiger partial charge in [0.15, 0.2) is 0 Å². The Morgan fingerprint density at radius 2 is 1.93 bits per heavy atom. The number of hydrogen-bond acceptors (Lipinski definition) is 3. The van der Waals surface area contributed by atoms with Crippen molar-refractivity contribution in [3.63, 3.8) is 0 Å². The summed E-state index contributed by atoms with van der Waals surface area (Å²) in [6.45, 7) is 9.40. The fourth-order valence-corrected chi connectivity index (χ4v) is 3.42. The van der Waals surface area contributed by atoms with Crippen molar-refractivity contribution in [3.8, 4) is 0 Å². The molecule has 0 radical (unpaired) electrons. The quantitative estimate of drug-likeness (QED) is 0.844. The fraction of sp³-hybridized carbons (Fsp3) is 0.636. The molecule has 0 aromatic carbocycles. The van der Waals surface area contributed by atoms with Crippen molar-refractivity contribution in [1.82, 2.24) is 9.80 Å². The lowest BCUT2D eigenvalue weighted by Gasteiger charge is -2.33. The number of nitrogens with zero attached hydrogens (tertiary/aromatic N) is 2. The number of likely N-dealkylation sites (N-methyl/N-ethyl adjacent to an activating group) is 1. The van der Waals surface area contributed by atoms with Crippen LogP contribution >= 0.6 is 27.3 Å². The first-order valence-corrected chi connectivity index (χ1v) is 7.13. The van der Waals surface area contributed by atoms with E-state index < -0.39 is 0 Å². The van der Waals surface area contributed by atoms with Gasteiger partial charge < -0.3 is 4.90 Å². The first-order chi connectivity index (χ1) is 7.29. The highest BCUT2D eigenvalue weighted by molar-refractivity contribution is 9.10. The molecule has 84 valence electrons. The molecule has 0 spiro atoms. The third-order valence-corrected chi connectivity index (χ3v) is 4.88. The summed E-state index contributed by atoms with van der Waals surface area (Å²) in [5, 5.41) is 2.15. The van der Waals surface area contributed by atoms with Crippen molar-refractivity contribution in [3.05, 3.63) is 20.8 Å². The molecule has 1 aromatic rings. The van der Waals surface area contributed by atoms with Crippen LogP contribution in [0.4, 0.5) is 0 Å². The SMILES string of the molecule is CCN1CCN(Cc2sccc2Br)CC1. The van der Waals surface area contributed by atoms with Crippen LogP contribution in [0.2, 0.25) is 0 Å². The number of halogens is 1. The molecule has 1 aromatic heterocycles. The number of hydrogen-bond donors (Lipinski definition) is 0. The van der Waals surface area contributed by atoms with Crippen LogP contribution in [-0.2, 0) is 6.54 Å². The minimum Gasteiger partial charge on any atom is -0.301 e.